The van der Waals surface area contributed by atoms with Gasteiger partial charge in [0.1, 0.15) is 11.8 Å². The summed E-state index contributed by atoms with van der Waals surface area (Å²) in [6.07, 6.45) is 0.402. The fourth-order valence-electron chi connectivity index (χ4n) is 3.01. The molecule has 0 saturated heterocycles. The van der Waals surface area contributed by atoms with Gasteiger partial charge in [-0.1, -0.05) is 73.2 Å². The summed E-state index contributed by atoms with van der Waals surface area (Å²) in [5.41, 5.74) is 0.559. The summed E-state index contributed by atoms with van der Waals surface area (Å²) < 4.78 is 5.63. The molecule has 32 heavy (non-hydrogen) atoms. The standard InChI is InChI=1S/C23H26Cl4N2O3/c1-4-20(23(31)28-11-14(2)3)29(12-16-17(25)6-5-7-18(16)26)22(30)13-32-21-9-8-15(24)10-19(21)27/h5-10,14,20H,4,11-13H2,1-3H3,(H,28,31)/t20-/m0/s1. The number of rotatable bonds is 10. The largest absolute Gasteiger partial charge is 0.482 e. The maximum Gasteiger partial charge on any atom is 0.261 e. The molecule has 2 amide bonds. The van der Waals surface area contributed by atoms with Gasteiger partial charge in [-0.3, -0.25) is 9.59 Å². The summed E-state index contributed by atoms with van der Waals surface area (Å²) in [7, 11) is 0. The summed E-state index contributed by atoms with van der Waals surface area (Å²) in [6.45, 7) is 6.07. The number of hydrogen-bond acceptors (Lipinski definition) is 3. The van der Waals surface area contributed by atoms with Crippen molar-refractivity contribution < 1.29 is 14.3 Å². The van der Waals surface area contributed by atoms with Crippen LogP contribution in [0.4, 0.5) is 0 Å². The van der Waals surface area contributed by atoms with E-state index in [4.69, 9.17) is 51.1 Å². The Morgan fingerprint density at radius 2 is 1.69 bits per heavy atom. The number of nitrogens with zero attached hydrogens (tertiary/aromatic N) is 1. The molecule has 1 N–H and O–H groups in total. The van der Waals surface area contributed by atoms with Crippen molar-refractivity contribution in [3.63, 3.8) is 0 Å². The first-order valence-corrected chi connectivity index (χ1v) is 11.7. The van der Waals surface area contributed by atoms with E-state index in [9.17, 15) is 9.59 Å². The fraction of sp³-hybridized carbons (Fsp3) is 0.391. The van der Waals surface area contributed by atoms with Crippen LogP contribution in [0, 0.1) is 5.92 Å². The summed E-state index contributed by atoms with van der Waals surface area (Å²) in [5.74, 6) is -0.0627. The molecule has 0 saturated carbocycles. The Balaban J connectivity index is 2.28. The number of benzene rings is 2. The molecule has 0 spiro atoms. The van der Waals surface area contributed by atoms with E-state index in [1.807, 2.05) is 20.8 Å². The minimum atomic E-state index is -0.724. The number of carbonyl (C=O) groups is 2. The van der Waals surface area contributed by atoms with E-state index < -0.39 is 11.9 Å². The third kappa shape index (κ3) is 7.45. The first-order valence-electron chi connectivity index (χ1n) is 10.2. The molecule has 0 unspecified atom stereocenters. The zero-order chi connectivity index (χ0) is 23.8. The predicted molar refractivity (Wildman–Crippen MR) is 131 cm³/mol. The summed E-state index contributed by atoms with van der Waals surface area (Å²) in [4.78, 5) is 27.6. The molecule has 1 atom stereocenters. The van der Waals surface area contributed by atoms with Gasteiger partial charge in [0.25, 0.3) is 5.91 Å². The van der Waals surface area contributed by atoms with Crippen molar-refractivity contribution in [3.8, 4) is 5.75 Å². The van der Waals surface area contributed by atoms with E-state index in [1.165, 1.54) is 11.0 Å². The summed E-state index contributed by atoms with van der Waals surface area (Å²) in [6, 6.07) is 9.10. The Kier molecular flexibility index (Phi) is 10.4. The lowest BCUT2D eigenvalue weighted by molar-refractivity contribution is -0.143. The zero-order valence-corrected chi connectivity index (χ0v) is 21.2. The van der Waals surface area contributed by atoms with Gasteiger partial charge < -0.3 is 15.0 Å². The monoisotopic (exact) mass is 518 g/mol. The van der Waals surface area contributed by atoms with Crippen molar-refractivity contribution in [2.75, 3.05) is 13.2 Å². The molecule has 2 rings (SSSR count). The highest BCUT2D eigenvalue weighted by Crippen LogP contribution is 2.29. The topological polar surface area (TPSA) is 58.6 Å². The molecule has 0 aliphatic carbocycles. The van der Waals surface area contributed by atoms with Gasteiger partial charge in [0, 0.05) is 33.7 Å². The highest BCUT2D eigenvalue weighted by atomic mass is 35.5. The average molecular weight is 520 g/mol. The maximum atomic E-state index is 13.2. The van der Waals surface area contributed by atoms with Crippen LogP contribution < -0.4 is 10.1 Å². The van der Waals surface area contributed by atoms with Crippen LogP contribution in [-0.2, 0) is 16.1 Å². The number of hydrogen-bond donors (Lipinski definition) is 1. The molecule has 0 aromatic heterocycles. The average Bonchev–Trinajstić information content (AvgIpc) is 2.73. The third-order valence-electron chi connectivity index (χ3n) is 4.71. The van der Waals surface area contributed by atoms with Crippen molar-refractivity contribution in [2.24, 2.45) is 5.92 Å². The number of amides is 2. The second kappa shape index (κ2) is 12.5. The Morgan fingerprint density at radius 3 is 2.25 bits per heavy atom. The molecule has 0 bridgehead atoms. The Hall–Kier alpha value is -1.66. The SMILES string of the molecule is CC[C@@H](C(=O)NCC(C)C)N(Cc1c(Cl)cccc1Cl)C(=O)COc1ccc(Cl)cc1Cl. The minimum Gasteiger partial charge on any atom is -0.482 e. The predicted octanol–water partition coefficient (Wildman–Crippen LogP) is 6.26. The summed E-state index contributed by atoms with van der Waals surface area (Å²) >= 11 is 24.7. The van der Waals surface area contributed by atoms with Gasteiger partial charge in [0.2, 0.25) is 5.91 Å². The number of ether oxygens (including phenoxy) is 1. The maximum absolute atomic E-state index is 13.2. The zero-order valence-electron chi connectivity index (χ0n) is 18.1. The van der Waals surface area contributed by atoms with Gasteiger partial charge >= 0.3 is 0 Å². The van der Waals surface area contributed by atoms with Crippen LogP contribution in [0.2, 0.25) is 20.1 Å². The summed E-state index contributed by atoms with van der Waals surface area (Å²) in [5, 5.41) is 4.46. The van der Waals surface area contributed by atoms with Gasteiger partial charge in [-0.05, 0) is 42.7 Å². The molecule has 0 radical (unpaired) electrons. The lowest BCUT2D eigenvalue weighted by Gasteiger charge is -2.31. The van der Waals surface area contributed by atoms with Gasteiger partial charge in [-0.15, -0.1) is 0 Å². The first kappa shape index (κ1) is 26.6. The van der Waals surface area contributed by atoms with Crippen LogP contribution in [0.3, 0.4) is 0 Å². The smallest absolute Gasteiger partial charge is 0.261 e. The van der Waals surface area contributed by atoms with E-state index in [0.29, 0.717) is 39.3 Å². The van der Waals surface area contributed by atoms with Crippen LogP contribution in [0.15, 0.2) is 36.4 Å². The van der Waals surface area contributed by atoms with Crippen molar-refractivity contribution in [1.29, 1.82) is 0 Å². The van der Waals surface area contributed by atoms with Crippen LogP contribution in [-0.4, -0.2) is 35.9 Å². The number of halogens is 4. The van der Waals surface area contributed by atoms with E-state index in [0.717, 1.165) is 0 Å². The highest BCUT2D eigenvalue weighted by Gasteiger charge is 2.30. The molecule has 0 aliphatic heterocycles. The van der Waals surface area contributed by atoms with E-state index in [2.05, 4.69) is 5.32 Å². The van der Waals surface area contributed by atoms with E-state index >= 15 is 0 Å². The number of carbonyl (C=O) groups excluding carboxylic acids is 2. The lowest BCUT2D eigenvalue weighted by atomic mass is 10.1. The second-order valence-corrected chi connectivity index (χ2v) is 9.31. The number of nitrogens with one attached hydrogen (secondary N) is 1. The Labute approximate surface area is 208 Å². The second-order valence-electron chi connectivity index (χ2n) is 7.65. The molecule has 2 aromatic carbocycles. The van der Waals surface area contributed by atoms with Crippen molar-refractivity contribution in [3.05, 3.63) is 62.1 Å². The molecular weight excluding hydrogens is 494 g/mol. The minimum absolute atomic E-state index is 0.0582. The van der Waals surface area contributed by atoms with Crippen molar-refractivity contribution in [2.45, 2.75) is 39.8 Å². The molecule has 2 aromatic rings. The van der Waals surface area contributed by atoms with Gasteiger partial charge in [-0.2, -0.15) is 0 Å². The van der Waals surface area contributed by atoms with Crippen LogP contribution in [0.5, 0.6) is 5.75 Å². The van der Waals surface area contributed by atoms with E-state index in [1.54, 1.807) is 30.3 Å². The van der Waals surface area contributed by atoms with Gasteiger partial charge in [-0.25, -0.2) is 0 Å². The molecular formula is C23H26Cl4N2O3. The highest BCUT2D eigenvalue weighted by molar-refractivity contribution is 6.36. The molecule has 9 heteroatoms. The Bertz CT molecular complexity index is 933. The van der Waals surface area contributed by atoms with Crippen LogP contribution >= 0.6 is 46.4 Å². The molecule has 174 valence electrons. The van der Waals surface area contributed by atoms with Crippen molar-refractivity contribution in [1.82, 2.24) is 10.2 Å². The van der Waals surface area contributed by atoms with Crippen molar-refractivity contribution >= 4 is 58.2 Å². The first-order chi connectivity index (χ1) is 15.1. The fourth-order valence-corrected chi connectivity index (χ4v) is 3.99. The third-order valence-corrected chi connectivity index (χ3v) is 5.94. The lowest BCUT2D eigenvalue weighted by Crippen LogP contribution is -2.50. The van der Waals surface area contributed by atoms with Gasteiger partial charge in [0.05, 0.1) is 5.02 Å². The van der Waals surface area contributed by atoms with Crippen LogP contribution in [0.1, 0.15) is 32.8 Å². The van der Waals surface area contributed by atoms with Crippen LogP contribution in [0.25, 0.3) is 0 Å². The molecule has 0 heterocycles. The van der Waals surface area contributed by atoms with Gasteiger partial charge in [0.15, 0.2) is 6.61 Å². The molecule has 0 aliphatic rings. The quantitative estimate of drug-likeness (QED) is 0.403. The molecule has 5 nitrogen and oxygen atoms in total. The molecule has 0 fully saturated rings. The normalized spacial score (nSPS) is 11.9. The van der Waals surface area contributed by atoms with E-state index in [-0.39, 0.29) is 30.0 Å². The Morgan fingerprint density at radius 1 is 1.03 bits per heavy atom.